The molecule has 1 aliphatic carbocycles. The minimum atomic E-state index is 0.615. The fraction of sp³-hybridized carbons (Fsp3) is 0.647. The molecule has 0 spiro atoms. The Hall–Kier alpha value is -1.22. The van der Waals surface area contributed by atoms with Crippen molar-refractivity contribution < 1.29 is 9.47 Å². The topological polar surface area (TPSA) is 30.5 Å². The highest BCUT2D eigenvalue weighted by Gasteiger charge is 2.21. The van der Waals surface area contributed by atoms with E-state index in [2.05, 4.69) is 25.2 Å². The van der Waals surface area contributed by atoms with E-state index in [1.54, 1.807) is 7.11 Å². The SMILES string of the molecule is CCC(CC)COc1c(CNC2CC2)cccc1OC. The highest BCUT2D eigenvalue weighted by Crippen LogP contribution is 2.32. The molecular weight excluding hydrogens is 250 g/mol. The minimum absolute atomic E-state index is 0.615. The van der Waals surface area contributed by atoms with Crippen molar-refractivity contribution in [3.05, 3.63) is 23.8 Å². The summed E-state index contributed by atoms with van der Waals surface area (Å²) in [6, 6.07) is 6.84. The van der Waals surface area contributed by atoms with Crippen molar-refractivity contribution in [2.24, 2.45) is 5.92 Å². The zero-order chi connectivity index (χ0) is 14.4. The first kappa shape index (κ1) is 15.2. The van der Waals surface area contributed by atoms with Gasteiger partial charge in [0.05, 0.1) is 13.7 Å². The number of ether oxygens (including phenoxy) is 2. The Morgan fingerprint density at radius 3 is 2.60 bits per heavy atom. The molecule has 0 bridgehead atoms. The molecule has 2 rings (SSSR count). The van der Waals surface area contributed by atoms with E-state index >= 15 is 0 Å². The maximum Gasteiger partial charge on any atom is 0.165 e. The van der Waals surface area contributed by atoms with E-state index in [0.717, 1.165) is 37.5 Å². The fourth-order valence-corrected chi connectivity index (χ4v) is 2.29. The average Bonchev–Trinajstić information content (AvgIpc) is 3.30. The predicted molar refractivity (Wildman–Crippen MR) is 82.4 cm³/mol. The second kappa shape index (κ2) is 7.53. The second-order valence-corrected chi connectivity index (χ2v) is 5.60. The molecule has 3 heteroatoms. The smallest absolute Gasteiger partial charge is 0.165 e. The number of nitrogens with one attached hydrogen (secondary N) is 1. The van der Waals surface area contributed by atoms with Gasteiger partial charge in [-0.25, -0.2) is 0 Å². The Morgan fingerprint density at radius 1 is 1.25 bits per heavy atom. The maximum absolute atomic E-state index is 6.09. The normalized spacial score (nSPS) is 14.6. The summed E-state index contributed by atoms with van der Waals surface area (Å²) in [7, 11) is 1.71. The standard InChI is InChI=1S/C17H27NO2/c1-4-13(5-2)12-20-17-14(11-18-15-9-10-15)7-6-8-16(17)19-3/h6-8,13,15,18H,4-5,9-12H2,1-3H3. The van der Waals surface area contributed by atoms with Gasteiger partial charge in [0.25, 0.3) is 0 Å². The number of hydrogen-bond donors (Lipinski definition) is 1. The Labute approximate surface area is 122 Å². The van der Waals surface area contributed by atoms with Crippen molar-refractivity contribution in [1.29, 1.82) is 0 Å². The van der Waals surface area contributed by atoms with Crippen LogP contribution in [0, 0.1) is 5.92 Å². The first-order valence-corrected chi connectivity index (χ1v) is 7.80. The summed E-state index contributed by atoms with van der Waals surface area (Å²) in [4.78, 5) is 0. The maximum atomic E-state index is 6.09. The first-order valence-electron chi connectivity index (χ1n) is 7.80. The van der Waals surface area contributed by atoms with E-state index in [1.807, 2.05) is 12.1 Å². The summed E-state index contributed by atoms with van der Waals surface area (Å²) < 4.78 is 11.5. The van der Waals surface area contributed by atoms with Crippen LogP contribution in [-0.2, 0) is 6.54 Å². The highest BCUT2D eigenvalue weighted by molar-refractivity contribution is 5.46. The van der Waals surface area contributed by atoms with Gasteiger partial charge in [0, 0.05) is 18.2 Å². The number of para-hydroxylation sites is 1. The van der Waals surface area contributed by atoms with Crippen LogP contribution in [0.15, 0.2) is 18.2 Å². The second-order valence-electron chi connectivity index (χ2n) is 5.60. The van der Waals surface area contributed by atoms with Crippen molar-refractivity contribution in [1.82, 2.24) is 5.32 Å². The van der Waals surface area contributed by atoms with E-state index in [9.17, 15) is 0 Å². The molecule has 0 radical (unpaired) electrons. The molecule has 1 N–H and O–H groups in total. The molecule has 0 unspecified atom stereocenters. The van der Waals surface area contributed by atoms with Gasteiger partial charge in [0.15, 0.2) is 11.5 Å². The Balaban J connectivity index is 2.05. The number of methoxy groups -OCH3 is 1. The number of rotatable bonds is 9. The summed E-state index contributed by atoms with van der Waals surface area (Å²) in [5, 5.41) is 3.54. The van der Waals surface area contributed by atoms with Gasteiger partial charge in [-0.15, -0.1) is 0 Å². The lowest BCUT2D eigenvalue weighted by Crippen LogP contribution is -2.17. The molecule has 0 saturated heterocycles. The van der Waals surface area contributed by atoms with Crippen molar-refractivity contribution in [2.45, 2.75) is 52.1 Å². The third kappa shape index (κ3) is 4.14. The van der Waals surface area contributed by atoms with Gasteiger partial charge in [0.2, 0.25) is 0 Å². The van der Waals surface area contributed by atoms with Gasteiger partial charge < -0.3 is 14.8 Å². The van der Waals surface area contributed by atoms with Gasteiger partial charge in [-0.3, -0.25) is 0 Å². The summed E-state index contributed by atoms with van der Waals surface area (Å²) >= 11 is 0. The molecule has 3 nitrogen and oxygen atoms in total. The molecule has 112 valence electrons. The molecule has 1 fully saturated rings. The third-order valence-corrected chi connectivity index (χ3v) is 4.06. The Morgan fingerprint density at radius 2 is 2.00 bits per heavy atom. The van der Waals surface area contributed by atoms with Gasteiger partial charge in [0.1, 0.15) is 0 Å². The van der Waals surface area contributed by atoms with Crippen molar-refractivity contribution in [3.63, 3.8) is 0 Å². The van der Waals surface area contributed by atoms with E-state index in [1.165, 1.54) is 18.4 Å². The lowest BCUT2D eigenvalue weighted by atomic mass is 10.1. The van der Waals surface area contributed by atoms with Gasteiger partial charge in [-0.1, -0.05) is 38.8 Å². The highest BCUT2D eigenvalue weighted by atomic mass is 16.5. The Kier molecular flexibility index (Phi) is 5.72. The molecule has 1 aromatic carbocycles. The summed E-state index contributed by atoms with van der Waals surface area (Å²) in [5.41, 5.74) is 1.20. The van der Waals surface area contributed by atoms with Crippen LogP contribution >= 0.6 is 0 Å². The zero-order valence-corrected chi connectivity index (χ0v) is 12.9. The molecule has 0 aromatic heterocycles. The van der Waals surface area contributed by atoms with Crippen molar-refractivity contribution in [2.75, 3.05) is 13.7 Å². The quantitative estimate of drug-likeness (QED) is 0.745. The van der Waals surface area contributed by atoms with Crippen LogP contribution in [0.2, 0.25) is 0 Å². The van der Waals surface area contributed by atoms with Crippen LogP contribution in [-0.4, -0.2) is 19.8 Å². The van der Waals surface area contributed by atoms with Gasteiger partial charge in [-0.05, 0) is 24.8 Å². The molecule has 20 heavy (non-hydrogen) atoms. The van der Waals surface area contributed by atoms with Crippen LogP contribution in [0.3, 0.4) is 0 Å². The van der Waals surface area contributed by atoms with Gasteiger partial charge in [-0.2, -0.15) is 0 Å². The molecule has 0 heterocycles. The van der Waals surface area contributed by atoms with Crippen LogP contribution in [0.5, 0.6) is 11.5 Å². The monoisotopic (exact) mass is 277 g/mol. The molecule has 0 atom stereocenters. The molecule has 1 aromatic rings. The molecule has 1 aliphatic rings. The van der Waals surface area contributed by atoms with Crippen LogP contribution in [0.25, 0.3) is 0 Å². The summed E-state index contributed by atoms with van der Waals surface area (Å²) in [5.74, 6) is 2.37. The van der Waals surface area contributed by atoms with E-state index < -0.39 is 0 Å². The average molecular weight is 277 g/mol. The molecular formula is C17H27NO2. The largest absolute Gasteiger partial charge is 0.493 e. The third-order valence-electron chi connectivity index (χ3n) is 4.06. The van der Waals surface area contributed by atoms with Crippen LogP contribution in [0.4, 0.5) is 0 Å². The number of hydrogen-bond acceptors (Lipinski definition) is 3. The summed E-state index contributed by atoms with van der Waals surface area (Å²) in [6.07, 6.45) is 4.91. The lowest BCUT2D eigenvalue weighted by Gasteiger charge is -2.18. The molecule has 0 aliphatic heterocycles. The fourth-order valence-electron chi connectivity index (χ4n) is 2.29. The number of benzene rings is 1. The predicted octanol–water partition coefficient (Wildman–Crippen LogP) is 3.76. The lowest BCUT2D eigenvalue weighted by molar-refractivity contribution is 0.228. The van der Waals surface area contributed by atoms with Crippen LogP contribution in [0.1, 0.15) is 45.1 Å². The molecule has 0 amide bonds. The minimum Gasteiger partial charge on any atom is -0.493 e. The van der Waals surface area contributed by atoms with Crippen molar-refractivity contribution >= 4 is 0 Å². The van der Waals surface area contributed by atoms with E-state index in [0.29, 0.717) is 12.0 Å². The van der Waals surface area contributed by atoms with E-state index in [-0.39, 0.29) is 0 Å². The Bertz CT molecular complexity index is 411. The van der Waals surface area contributed by atoms with E-state index in [4.69, 9.17) is 9.47 Å². The zero-order valence-electron chi connectivity index (χ0n) is 12.9. The van der Waals surface area contributed by atoms with Crippen LogP contribution < -0.4 is 14.8 Å². The van der Waals surface area contributed by atoms with Gasteiger partial charge >= 0.3 is 0 Å². The van der Waals surface area contributed by atoms with Crippen molar-refractivity contribution in [3.8, 4) is 11.5 Å². The molecule has 1 saturated carbocycles. The first-order chi connectivity index (χ1) is 9.78. The summed E-state index contributed by atoms with van der Waals surface area (Å²) in [6.45, 7) is 6.06.